The Kier molecular flexibility index (Phi) is 5.42. The molecular weight excluding hydrogens is 384 g/mol. The predicted octanol–water partition coefficient (Wildman–Crippen LogP) is 3.01. The van der Waals surface area contributed by atoms with E-state index in [1.54, 1.807) is 19.1 Å². The van der Waals surface area contributed by atoms with Gasteiger partial charge < -0.3 is 10.2 Å². The van der Waals surface area contributed by atoms with Gasteiger partial charge in [0, 0.05) is 37.5 Å². The molecule has 1 aliphatic rings. The minimum Gasteiger partial charge on any atom is -0.371 e. The van der Waals surface area contributed by atoms with Gasteiger partial charge in [-0.25, -0.2) is 4.68 Å². The Morgan fingerprint density at radius 2 is 1.93 bits per heavy atom. The van der Waals surface area contributed by atoms with Crippen molar-refractivity contribution in [3.8, 4) is 5.69 Å². The van der Waals surface area contributed by atoms with Crippen LogP contribution < -0.4 is 10.2 Å². The summed E-state index contributed by atoms with van der Waals surface area (Å²) in [5.74, 6) is -0.333. The third kappa shape index (κ3) is 3.86. The molecule has 0 radical (unpaired) electrons. The number of hydrogen-bond acceptors (Lipinski definition) is 6. The molecule has 2 aromatic carbocycles. The topological polar surface area (TPSA) is 106 Å². The van der Waals surface area contributed by atoms with E-state index in [1.165, 1.54) is 29.7 Å². The highest BCUT2D eigenvalue weighted by atomic mass is 16.6. The van der Waals surface area contributed by atoms with E-state index in [-0.39, 0.29) is 17.3 Å². The second-order valence-electron chi connectivity index (χ2n) is 7.22. The molecule has 1 N–H and O–H groups in total. The second kappa shape index (κ2) is 8.32. The van der Waals surface area contributed by atoms with Gasteiger partial charge in [0.1, 0.15) is 0 Å². The normalized spacial score (nSPS) is 13.4. The molecule has 9 heteroatoms. The molecule has 1 saturated heterocycles. The van der Waals surface area contributed by atoms with Crippen molar-refractivity contribution in [2.24, 2.45) is 0 Å². The number of non-ortho nitro benzene ring substituents is 1. The smallest absolute Gasteiger partial charge is 0.274 e. The van der Waals surface area contributed by atoms with Crippen LogP contribution in [-0.4, -0.2) is 38.9 Å². The summed E-state index contributed by atoms with van der Waals surface area (Å²) in [4.78, 5) is 25.6. The molecule has 9 nitrogen and oxygen atoms in total. The zero-order chi connectivity index (χ0) is 21.1. The molecule has 4 rings (SSSR count). The van der Waals surface area contributed by atoms with E-state index in [1.807, 2.05) is 18.2 Å². The number of aromatic nitrogens is 3. The van der Waals surface area contributed by atoms with Crippen LogP contribution in [0.4, 0.5) is 11.4 Å². The summed E-state index contributed by atoms with van der Waals surface area (Å²) in [7, 11) is 0. The van der Waals surface area contributed by atoms with Crippen LogP contribution in [0.25, 0.3) is 5.69 Å². The van der Waals surface area contributed by atoms with Crippen LogP contribution in [0.3, 0.4) is 0 Å². The van der Waals surface area contributed by atoms with Crippen LogP contribution >= 0.6 is 0 Å². The number of rotatable bonds is 6. The average Bonchev–Trinajstić information content (AvgIpc) is 3.42. The van der Waals surface area contributed by atoms with Gasteiger partial charge in [-0.3, -0.25) is 14.9 Å². The highest BCUT2D eigenvalue weighted by Crippen LogP contribution is 2.24. The Labute approximate surface area is 173 Å². The minimum atomic E-state index is -0.471. The Morgan fingerprint density at radius 1 is 1.17 bits per heavy atom. The first-order chi connectivity index (χ1) is 14.5. The maximum Gasteiger partial charge on any atom is 0.274 e. The lowest BCUT2D eigenvalue weighted by molar-refractivity contribution is -0.384. The number of nitro groups is 1. The molecule has 1 amide bonds. The largest absolute Gasteiger partial charge is 0.371 e. The predicted molar refractivity (Wildman–Crippen MR) is 112 cm³/mol. The fourth-order valence-corrected chi connectivity index (χ4v) is 3.71. The number of benzene rings is 2. The average molecular weight is 406 g/mol. The van der Waals surface area contributed by atoms with Gasteiger partial charge in [0.25, 0.3) is 11.6 Å². The molecule has 1 aromatic heterocycles. The van der Waals surface area contributed by atoms with Crippen molar-refractivity contribution in [1.29, 1.82) is 0 Å². The Balaban J connectivity index is 1.51. The van der Waals surface area contributed by atoms with Crippen molar-refractivity contribution < 1.29 is 9.72 Å². The number of nitro benzene ring substituents is 1. The maximum absolute atomic E-state index is 12.7. The third-order valence-electron chi connectivity index (χ3n) is 5.27. The SMILES string of the molecule is Cc1c(C(=O)NCc2ccccc2N2CCCC2)nnn1-c1cccc([N+](=O)[O-])c1. The van der Waals surface area contributed by atoms with Gasteiger partial charge in [0.15, 0.2) is 5.69 Å². The number of anilines is 1. The van der Waals surface area contributed by atoms with Gasteiger partial charge in [-0.15, -0.1) is 5.10 Å². The Morgan fingerprint density at radius 3 is 2.70 bits per heavy atom. The number of hydrogen-bond donors (Lipinski definition) is 1. The maximum atomic E-state index is 12.7. The molecule has 1 fully saturated rings. The standard InChI is InChI=1S/C21H22N6O3/c1-15-20(23-24-26(15)17-8-6-9-18(13-17)27(29)30)21(28)22-14-16-7-2-3-10-19(16)25-11-4-5-12-25/h2-3,6-10,13H,4-5,11-12,14H2,1H3,(H,22,28). The highest BCUT2D eigenvalue weighted by Gasteiger charge is 2.20. The molecule has 154 valence electrons. The summed E-state index contributed by atoms with van der Waals surface area (Å²) in [6, 6.07) is 14.1. The molecule has 0 spiro atoms. The monoisotopic (exact) mass is 406 g/mol. The zero-order valence-corrected chi connectivity index (χ0v) is 16.6. The van der Waals surface area contributed by atoms with Crippen molar-refractivity contribution >= 4 is 17.3 Å². The Hall–Kier alpha value is -3.75. The fourth-order valence-electron chi connectivity index (χ4n) is 3.71. The quantitative estimate of drug-likeness (QED) is 0.498. The number of carbonyl (C=O) groups is 1. The van der Waals surface area contributed by atoms with E-state index in [4.69, 9.17) is 0 Å². The molecule has 1 aliphatic heterocycles. The molecular formula is C21H22N6O3. The van der Waals surface area contributed by atoms with Crippen molar-refractivity contribution in [3.05, 3.63) is 75.6 Å². The first-order valence-corrected chi connectivity index (χ1v) is 9.83. The molecule has 0 atom stereocenters. The first kappa shape index (κ1) is 19.6. The van der Waals surface area contributed by atoms with Gasteiger partial charge in [-0.05, 0) is 37.5 Å². The van der Waals surface area contributed by atoms with Crippen LogP contribution in [0.5, 0.6) is 0 Å². The van der Waals surface area contributed by atoms with Crippen molar-refractivity contribution in [1.82, 2.24) is 20.3 Å². The molecule has 0 bridgehead atoms. The number of nitrogens with one attached hydrogen (secondary N) is 1. The number of amides is 1. The minimum absolute atomic E-state index is 0.0491. The van der Waals surface area contributed by atoms with Crippen LogP contribution in [0.15, 0.2) is 48.5 Å². The lowest BCUT2D eigenvalue weighted by atomic mass is 10.1. The van der Waals surface area contributed by atoms with Gasteiger partial charge in [-0.1, -0.05) is 29.5 Å². The highest BCUT2D eigenvalue weighted by molar-refractivity contribution is 5.93. The Bertz CT molecular complexity index is 1090. The van der Waals surface area contributed by atoms with Crippen LogP contribution in [0, 0.1) is 17.0 Å². The van der Waals surface area contributed by atoms with Crippen molar-refractivity contribution in [2.75, 3.05) is 18.0 Å². The van der Waals surface area contributed by atoms with Crippen molar-refractivity contribution in [3.63, 3.8) is 0 Å². The lowest BCUT2D eigenvalue weighted by Gasteiger charge is -2.21. The van der Waals surface area contributed by atoms with E-state index >= 15 is 0 Å². The molecule has 0 saturated carbocycles. The van der Waals surface area contributed by atoms with Gasteiger partial charge in [0.2, 0.25) is 0 Å². The van der Waals surface area contributed by atoms with Gasteiger partial charge in [0.05, 0.1) is 16.3 Å². The number of nitrogens with zero attached hydrogens (tertiary/aromatic N) is 5. The van der Waals surface area contributed by atoms with Crippen LogP contribution in [-0.2, 0) is 6.54 Å². The number of carbonyl (C=O) groups excluding carboxylic acids is 1. The van der Waals surface area contributed by atoms with E-state index in [0.29, 0.717) is 17.9 Å². The molecule has 0 unspecified atom stereocenters. The molecule has 0 aliphatic carbocycles. The lowest BCUT2D eigenvalue weighted by Crippen LogP contribution is -2.26. The first-order valence-electron chi connectivity index (χ1n) is 9.83. The molecule has 2 heterocycles. The summed E-state index contributed by atoms with van der Waals surface area (Å²) in [6.45, 7) is 4.16. The van der Waals surface area contributed by atoms with Gasteiger partial charge in [-0.2, -0.15) is 0 Å². The second-order valence-corrected chi connectivity index (χ2v) is 7.22. The summed E-state index contributed by atoms with van der Waals surface area (Å²) < 4.78 is 1.43. The summed E-state index contributed by atoms with van der Waals surface area (Å²) in [5, 5.41) is 22.0. The summed E-state index contributed by atoms with van der Waals surface area (Å²) in [5.41, 5.74) is 3.34. The van der Waals surface area contributed by atoms with Crippen LogP contribution in [0.2, 0.25) is 0 Å². The summed E-state index contributed by atoms with van der Waals surface area (Å²) >= 11 is 0. The van der Waals surface area contributed by atoms with Crippen molar-refractivity contribution in [2.45, 2.75) is 26.3 Å². The van der Waals surface area contributed by atoms with E-state index < -0.39 is 4.92 Å². The van der Waals surface area contributed by atoms with E-state index in [0.717, 1.165) is 24.3 Å². The molecule has 3 aromatic rings. The number of para-hydroxylation sites is 1. The fraction of sp³-hybridized carbons (Fsp3) is 0.286. The third-order valence-corrected chi connectivity index (χ3v) is 5.27. The zero-order valence-electron chi connectivity index (χ0n) is 16.6. The van der Waals surface area contributed by atoms with E-state index in [9.17, 15) is 14.9 Å². The molecule has 30 heavy (non-hydrogen) atoms. The summed E-state index contributed by atoms with van der Waals surface area (Å²) in [6.07, 6.45) is 2.36. The van der Waals surface area contributed by atoms with Crippen LogP contribution in [0.1, 0.15) is 34.6 Å². The van der Waals surface area contributed by atoms with Gasteiger partial charge >= 0.3 is 0 Å². The van der Waals surface area contributed by atoms with E-state index in [2.05, 4.69) is 26.6 Å².